The van der Waals surface area contributed by atoms with E-state index in [4.69, 9.17) is 13.9 Å². The summed E-state index contributed by atoms with van der Waals surface area (Å²) in [5.74, 6) is 2.48. The highest BCUT2D eigenvalue weighted by molar-refractivity contribution is 7.98. The number of methoxy groups -OCH3 is 1. The molecule has 0 bridgehead atoms. The number of thioether (sulfide) groups is 1. The second kappa shape index (κ2) is 8.40. The summed E-state index contributed by atoms with van der Waals surface area (Å²) in [6.07, 6.45) is 0. The van der Waals surface area contributed by atoms with Gasteiger partial charge in [0.15, 0.2) is 5.58 Å². The van der Waals surface area contributed by atoms with Gasteiger partial charge in [0, 0.05) is 11.8 Å². The Kier molecular flexibility index (Phi) is 5.53. The quantitative estimate of drug-likeness (QED) is 0.351. The summed E-state index contributed by atoms with van der Waals surface area (Å²) in [5, 5.41) is 0.666. The molecular weight excluding hydrogens is 370 g/mol. The van der Waals surface area contributed by atoms with Gasteiger partial charge in [-0.25, -0.2) is 4.98 Å². The molecule has 0 atom stereocenters. The Labute approximate surface area is 168 Å². The maximum atomic E-state index is 5.80. The van der Waals surface area contributed by atoms with E-state index in [0.717, 1.165) is 28.4 Å². The topological polar surface area (TPSA) is 44.5 Å². The first-order valence-corrected chi connectivity index (χ1v) is 10.1. The zero-order valence-electron chi connectivity index (χ0n) is 15.8. The van der Waals surface area contributed by atoms with Crippen LogP contribution in [0.2, 0.25) is 0 Å². The van der Waals surface area contributed by atoms with Gasteiger partial charge < -0.3 is 13.9 Å². The fourth-order valence-electron chi connectivity index (χ4n) is 2.92. The van der Waals surface area contributed by atoms with Gasteiger partial charge in [0.2, 0.25) is 0 Å². The van der Waals surface area contributed by atoms with Crippen molar-refractivity contribution in [1.29, 1.82) is 0 Å². The molecule has 1 heterocycles. The van der Waals surface area contributed by atoms with Crippen molar-refractivity contribution in [2.45, 2.75) is 17.9 Å². The van der Waals surface area contributed by atoms with Crippen LogP contribution in [0.1, 0.15) is 12.5 Å². The molecule has 0 aliphatic rings. The third kappa shape index (κ3) is 4.15. The van der Waals surface area contributed by atoms with Gasteiger partial charge in [-0.1, -0.05) is 48.2 Å². The average molecular weight is 391 g/mol. The minimum atomic E-state index is 0.666. The van der Waals surface area contributed by atoms with Gasteiger partial charge in [0.1, 0.15) is 17.0 Å². The maximum absolute atomic E-state index is 5.80. The number of oxazole rings is 1. The number of benzene rings is 3. The summed E-state index contributed by atoms with van der Waals surface area (Å²) in [6, 6.07) is 22.4. The Bertz CT molecular complexity index is 1060. The standard InChI is InChI=1S/C23H21NO3S/c1-3-26-19-10-8-18(9-11-19)17-6-4-16(5-7-17)15-28-23-24-21-14-20(25-2)12-13-22(21)27-23/h4-14H,3,15H2,1-2H3. The predicted molar refractivity (Wildman–Crippen MR) is 113 cm³/mol. The minimum Gasteiger partial charge on any atom is -0.497 e. The van der Waals surface area contributed by atoms with Gasteiger partial charge in [-0.2, -0.15) is 0 Å². The van der Waals surface area contributed by atoms with Crippen LogP contribution in [0, 0.1) is 0 Å². The van der Waals surface area contributed by atoms with Crippen LogP contribution in [0.3, 0.4) is 0 Å². The van der Waals surface area contributed by atoms with Crippen molar-refractivity contribution < 1.29 is 13.9 Å². The van der Waals surface area contributed by atoms with Crippen LogP contribution in [-0.2, 0) is 5.75 Å². The molecule has 1 aromatic heterocycles. The first-order chi connectivity index (χ1) is 13.7. The summed E-state index contributed by atoms with van der Waals surface area (Å²) in [5.41, 5.74) is 5.17. The largest absolute Gasteiger partial charge is 0.497 e. The third-order valence-electron chi connectivity index (χ3n) is 4.39. The zero-order chi connectivity index (χ0) is 19.3. The van der Waals surface area contributed by atoms with E-state index >= 15 is 0 Å². The van der Waals surface area contributed by atoms with E-state index in [1.54, 1.807) is 18.9 Å². The molecule has 0 spiro atoms. The highest BCUT2D eigenvalue weighted by Crippen LogP contribution is 2.29. The van der Waals surface area contributed by atoms with Gasteiger partial charge >= 0.3 is 0 Å². The monoisotopic (exact) mass is 391 g/mol. The van der Waals surface area contributed by atoms with Crippen molar-refractivity contribution >= 4 is 22.9 Å². The lowest BCUT2D eigenvalue weighted by Crippen LogP contribution is -1.90. The Balaban J connectivity index is 1.41. The van der Waals surface area contributed by atoms with E-state index in [1.807, 2.05) is 37.3 Å². The second-order valence-corrected chi connectivity index (χ2v) is 7.18. The van der Waals surface area contributed by atoms with Crippen LogP contribution in [0.25, 0.3) is 22.2 Å². The van der Waals surface area contributed by atoms with Crippen molar-refractivity contribution in [1.82, 2.24) is 4.98 Å². The molecule has 0 aliphatic carbocycles. The SMILES string of the molecule is CCOc1ccc(-c2ccc(CSc3nc4cc(OC)ccc4o3)cc2)cc1. The second-order valence-electron chi connectivity index (χ2n) is 6.26. The molecule has 4 rings (SSSR count). The van der Waals surface area contributed by atoms with Crippen molar-refractivity contribution in [2.75, 3.05) is 13.7 Å². The van der Waals surface area contributed by atoms with E-state index in [-0.39, 0.29) is 0 Å². The van der Waals surface area contributed by atoms with Crippen molar-refractivity contribution in [3.05, 3.63) is 72.3 Å². The van der Waals surface area contributed by atoms with Gasteiger partial charge in [0.25, 0.3) is 5.22 Å². The highest BCUT2D eigenvalue weighted by Gasteiger charge is 2.08. The molecule has 0 saturated heterocycles. The van der Waals surface area contributed by atoms with E-state index in [2.05, 4.69) is 41.4 Å². The molecule has 0 aliphatic heterocycles. The number of rotatable bonds is 7. The summed E-state index contributed by atoms with van der Waals surface area (Å²) in [6.45, 7) is 2.67. The van der Waals surface area contributed by atoms with Crippen LogP contribution >= 0.6 is 11.8 Å². The smallest absolute Gasteiger partial charge is 0.257 e. The molecular formula is C23H21NO3S. The lowest BCUT2D eigenvalue weighted by atomic mass is 10.0. The number of ether oxygens (including phenoxy) is 2. The summed E-state index contributed by atoms with van der Waals surface area (Å²) in [7, 11) is 1.65. The molecule has 4 nitrogen and oxygen atoms in total. The van der Waals surface area contributed by atoms with Crippen molar-refractivity contribution in [2.24, 2.45) is 0 Å². The fraction of sp³-hybridized carbons (Fsp3) is 0.174. The van der Waals surface area contributed by atoms with Crippen LogP contribution in [0.4, 0.5) is 0 Å². The van der Waals surface area contributed by atoms with E-state index in [0.29, 0.717) is 11.8 Å². The van der Waals surface area contributed by atoms with E-state index < -0.39 is 0 Å². The van der Waals surface area contributed by atoms with Crippen LogP contribution in [0.5, 0.6) is 11.5 Å². The predicted octanol–water partition coefficient (Wildman–Crippen LogP) is 6.19. The molecule has 142 valence electrons. The number of hydrogen-bond acceptors (Lipinski definition) is 5. The lowest BCUT2D eigenvalue weighted by Gasteiger charge is -2.06. The molecule has 28 heavy (non-hydrogen) atoms. The van der Waals surface area contributed by atoms with Gasteiger partial charge in [-0.05, 0) is 47.9 Å². The molecule has 0 amide bonds. The van der Waals surface area contributed by atoms with Crippen molar-refractivity contribution in [3.8, 4) is 22.6 Å². The Morgan fingerprint density at radius 3 is 2.25 bits per heavy atom. The average Bonchev–Trinajstić information content (AvgIpc) is 3.15. The molecule has 4 aromatic rings. The van der Waals surface area contributed by atoms with Crippen LogP contribution in [-0.4, -0.2) is 18.7 Å². The lowest BCUT2D eigenvalue weighted by molar-refractivity contribution is 0.340. The van der Waals surface area contributed by atoms with Crippen molar-refractivity contribution in [3.63, 3.8) is 0 Å². The zero-order valence-corrected chi connectivity index (χ0v) is 16.7. The number of fused-ring (bicyclic) bond motifs is 1. The normalized spacial score (nSPS) is 10.9. The number of aromatic nitrogens is 1. The molecule has 0 radical (unpaired) electrons. The van der Waals surface area contributed by atoms with E-state index in [1.165, 1.54) is 16.7 Å². The maximum Gasteiger partial charge on any atom is 0.257 e. The van der Waals surface area contributed by atoms with Gasteiger partial charge in [0.05, 0.1) is 13.7 Å². The molecule has 0 saturated carbocycles. The molecule has 0 N–H and O–H groups in total. The summed E-state index contributed by atoms with van der Waals surface area (Å²) in [4.78, 5) is 4.53. The Hall–Kier alpha value is -2.92. The molecule has 5 heteroatoms. The van der Waals surface area contributed by atoms with Crippen LogP contribution in [0.15, 0.2) is 76.4 Å². The number of nitrogens with zero attached hydrogens (tertiary/aromatic N) is 1. The van der Waals surface area contributed by atoms with E-state index in [9.17, 15) is 0 Å². The number of hydrogen-bond donors (Lipinski definition) is 0. The van der Waals surface area contributed by atoms with Gasteiger partial charge in [-0.15, -0.1) is 0 Å². The summed E-state index contributed by atoms with van der Waals surface area (Å²) < 4.78 is 16.5. The van der Waals surface area contributed by atoms with Crippen LogP contribution < -0.4 is 9.47 Å². The van der Waals surface area contributed by atoms with Gasteiger partial charge in [-0.3, -0.25) is 0 Å². The Morgan fingerprint density at radius 1 is 0.893 bits per heavy atom. The molecule has 3 aromatic carbocycles. The fourth-order valence-corrected chi connectivity index (χ4v) is 3.72. The summed E-state index contributed by atoms with van der Waals surface area (Å²) >= 11 is 1.59. The third-order valence-corrected chi connectivity index (χ3v) is 5.29. The first kappa shape index (κ1) is 18.4. The molecule has 0 fully saturated rings. The molecule has 0 unspecified atom stereocenters. The minimum absolute atomic E-state index is 0.666. The first-order valence-electron chi connectivity index (χ1n) is 9.14. The highest BCUT2D eigenvalue weighted by atomic mass is 32.2. The Morgan fingerprint density at radius 2 is 1.57 bits per heavy atom.